The fourth-order valence-electron chi connectivity index (χ4n) is 2.64. The van der Waals surface area contributed by atoms with Gasteiger partial charge in [0.2, 0.25) is 0 Å². The summed E-state index contributed by atoms with van der Waals surface area (Å²) in [4.78, 5) is 0. The number of aliphatic hydroxyl groups excluding tert-OH is 1. The number of hydrogen-bond donors (Lipinski definition) is 2. The van der Waals surface area contributed by atoms with Gasteiger partial charge in [-0.05, 0) is 32.1 Å². The molecule has 1 aromatic rings. The second-order valence-corrected chi connectivity index (χ2v) is 5.69. The normalized spacial score (nSPS) is 31.6. The van der Waals surface area contributed by atoms with Gasteiger partial charge in [0.25, 0.3) is 0 Å². The summed E-state index contributed by atoms with van der Waals surface area (Å²) in [5.74, 6) is 0.649. The maximum absolute atomic E-state index is 9.20. The summed E-state index contributed by atoms with van der Waals surface area (Å²) < 4.78 is 7.70. The van der Waals surface area contributed by atoms with Crippen LogP contribution in [0.2, 0.25) is 0 Å². The van der Waals surface area contributed by atoms with Crippen LogP contribution in [-0.4, -0.2) is 45.0 Å². The number of aromatic nitrogens is 3. The van der Waals surface area contributed by atoms with Crippen LogP contribution in [0.5, 0.6) is 0 Å². The summed E-state index contributed by atoms with van der Waals surface area (Å²) in [6, 6.07) is -0.0333. The lowest BCUT2D eigenvalue weighted by molar-refractivity contribution is -0.0861. The first-order chi connectivity index (χ1) is 9.26. The molecule has 6 nitrogen and oxygen atoms in total. The molecule has 3 rings (SSSR count). The van der Waals surface area contributed by atoms with Gasteiger partial charge in [-0.1, -0.05) is 5.21 Å². The zero-order valence-electron chi connectivity index (χ0n) is 11.1. The lowest BCUT2D eigenvalue weighted by atomic mass is 9.98. The van der Waals surface area contributed by atoms with Gasteiger partial charge in [-0.2, -0.15) is 0 Å². The summed E-state index contributed by atoms with van der Waals surface area (Å²) in [5.41, 5.74) is 7.01. The van der Waals surface area contributed by atoms with E-state index >= 15 is 0 Å². The SMILES string of the molecule is N[C@H]1CC[C@H](CCn2cc(C3CC3)nn2)O[C@@H]1CO. The molecule has 0 amide bonds. The molecule has 1 aliphatic heterocycles. The van der Waals surface area contributed by atoms with E-state index in [9.17, 15) is 5.11 Å². The maximum Gasteiger partial charge on any atom is 0.0959 e. The summed E-state index contributed by atoms with van der Waals surface area (Å²) in [7, 11) is 0. The van der Waals surface area contributed by atoms with E-state index in [1.165, 1.54) is 12.8 Å². The Bertz CT molecular complexity index is 419. The van der Waals surface area contributed by atoms with E-state index in [0.717, 1.165) is 31.5 Å². The Kier molecular flexibility index (Phi) is 3.81. The predicted molar refractivity (Wildman–Crippen MR) is 69.6 cm³/mol. The quantitative estimate of drug-likeness (QED) is 0.806. The van der Waals surface area contributed by atoms with Crippen LogP contribution in [0.4, 0.5) is 0 Å². The molecule has 1 aromatic heterocycles. The fourth-order valence-corrected chi connectivity index (χ4v) is 2.64. The standard InChI is InChI=1S/C13H22N4O2/c14-11-4-3-10(19-13(11)8-18)5-6-17-7-12(15-16-17)9-1-2-9/h7,9-11,13,18H,1-6,8,14H2/t10-,11+,13-/m1/s1. The average Bonchev–Trinajstić information content (AvgIpc) is 3.17. The summed E-state index contributed by atoms with van der Waals surface area (Å²) >= 11 is 0. The Morgan fingerprint density at radius 3 is 2.95 bits per heavy atom. The third-order valence-electron chi connectivity index (χ3n) is 4.08. The summed E-state index contributed by atoms with van der Waals surface area (Å²) in [5, 5.41) is 17.6. The zero-order chi connectivity index (χ0) is 13.2. The number of rotatable bonds is 5. The van der Waals surface area contributed by atoms with Crippen LogP contribution in [0.3, 0.4) is 0 Å². The minimum atomic E-state index is -0.212. The number of nitrogens with zero attached hydrogens (tertiary/aromatic N) is 3. The first-order valence-corrected chi connectivity index (χ1v) is 7.18. The van der Waals surface area contributed by atoms with E-state index in [0.29, 0.717) is 5.92 Å². The van der Waals surface area contributed by atoms with Gasteiger partial charge in [0, 0.05) is 24.7 Å². The van der Waals surface area contributed by atoms with Gasteiger partial charge >= 0.3 is 0 Å². The maximum atomic E-state index is 9.20. The number of ether oxygens (including phenoxy) is 1. The van der Waals surface area contributed by atoms with E-state index in [2.05, 4.69) is 16.5 Å². The molecule has 0 aromatic carbocycles. The van der Waals surface area contributed by atoms with E-state index in [4.69, 9.17) is 10.5 Å². The van der Waals surface area contributed by atoms with Gasteiger partial charge < -0.3 is 15.6 Å². The predicted octanol–water partition coefficient (Wildman–Crippen LogP) is 0.413. The molecule has 0 unspecified atom stereocenters. The molecule has 6 heteroatoms. The van der Waals surface area contributed by atoms with E-state index in [1.807, 2.05) is 4.68 Å². The van der Waals surface area contributed by atoms with Crippen LogP contribution in [-0.2, 0) is 11.3 Å². The van der Waals surface area contributed by atoms with Gasteiger partial charge in [-0.15, -0.1) is 5.10 Å². The number of aryl methyl sites for hydroxylation is 1. The Labute approximate surface area is 112 Å². The number of hydrogen-bond acceptors (Lipinski definition) is 5. The van der Waals surface area contributed by atoms with Crippen molar-refractivity contribution in [2.24, 2.45) is 5.73 Å². The summed E-state index contributed by atoms with van der Waals surface area (Å²) in [6.07, 6.45) is 7.29. The van der Waals surface area contributed by atoms with Crippen LogP contribution in [0.25, 0.3) is 0 Å². The van der Waals surface area contributed by atoms with Crippen molar-refractivity contribution in [2.45, 2.75) is 62.8 Å². The molecule has 2 heterocycles. The topological polar surface area (TPSA) is 86.2 Å². The van der Waals surface area contributed by atoms with Gasteiger partial charge in [0.05, 0.1) is 24.5 Å². The van der Waals surface area contributed by atoms with Gasteiger partial charge in [0.1, 0.15) is 0 Å². The van der Waals surface area contributed by atoms with Crippen molar-refractivity contribution in [3.63, 3.8) is 0 Å². The van der Waals surface area contributed by atoms with Crippen molar-refractivity contribution in [2.75, 3.05) is 6.61 Å². The van der Waals surface area contributed by atoms with E-state index < -0.39 is 0 Å². The van der Waals surface area contributed by atoms with Crippen LogP contribution in [0.1, 0.15) is 43.7 Å². The minimum Gasteiger partial charge on any atom is -0.394 e. The highest BCUT2D eigenvalue weighted by atomic mass is 16.5. The van der Waals surface area contributed by atoms with Crippen LogP contribution in [0.15, 0.2) is 6.20 Å². The van der Waals surface area contributed by atoms with Crippen LogP contribution >= 0.6 is 0 Å². The first-order valence-electron chi connectivity index (χ1n) is 7.18. The minimum absolute atomic E-state index is 0.00677. The molecule has 3 N–H and O–H groups in total. The number of nitrogens with two attached hydrogens (primary N) is 1. The highest BCUT2D eigenvalue weighted by Gasteiger charge is 2.29. The molecule has 1 saturated heterocycles. The van der Waals surface area contributed by atoms with Crippen molar-refractivity contribution < 1.29 is 9.84 Å². The van der Waals surface area contributed by atoms with Gasteiger partial charge in [-0.3, -0.25) is 4.68 Å². The molecule has 106 valence electrons. The largest absolute Gasteiger partial charge is 0.394 e. The van der Waals surface area contributed by atoms with Gasteiger partial charge in [-0.25, -0.2) is 0 Å². The zero-order valence-corrected chi connectivity index (χ0v) is 11.1. The van der Waals surface area contributed by atoms with Crippen LogP contribution in [0, 0.1) is 0 Å². The van der Waals surface area contributed by atoms with E-state index in [1.54, 1.807) is 0 Å². The second-order valence-electron chi connectivity index (χ2n) is 5.69. The second kappa shape index (κ2) is 5.56. The first kappa shape index (κ1) is 13.0. The van der Waals surface area contributed by atoms with Crippen LogP contribution < -0.4 is 5.73 Å². The van der Waals surface area contributed by atoms with E-state index in [-0.39, 0.29) is 24.9 Å². The smallest absolute Gasteiger partial charge is 0.0959 e. The van der Waals surface area contributed by atoms with Crippen molar-refractivity contribution in [3.05, 3.63) is 11.9 Å². The Morgan fingerprint density at radius 2 is 2.21 bits per heavy atom. The Hall–Kier alpha value is -0.980. The molecule has 0 bridgehead atoms. The molecule has 3 atom stereocenters. The van der Waals surface area contributed by atoms with Gasteiger partial charge in [0.15, 0.2) is 0 Å². The van der Waals surface area contributed by atoms with Crippen molar-refractivity contribution in [1.29, 1.82) is 0 Å². The Morgan fingerprint density at radius 1 is 1.37 bits per heavy atom. The lowest BCUT2D eigenvalue weighted by Crippen LogP contribution is -2.46. The molecule has 0 spiro atoms. The average molecular weight is 266 g/mol. The van der Waals surface area contributed by atoms with Crippen molar-refractivity contribution >= 4 is 0 Å². The molecule has 1 aliphatic carbocycles. The van der Waals surface area contributed by atoms with Crippen molar-refractivity contribution in [3.8, 4) is 0 Å². The monoisotopic (exact) mass is 266 g/mol. The fraction of sp³-hybridized carbons (Fsp3) is 0.846. The highest BCUT2D eigenvalue weighted by Crippen LogP contribution is 2.38. The molecule has 2 aliphatic rings. The molecule has 1 saturated carbocycles. The molecule has 2 fully saturated rings. The Balaban J connectivity index is 1.48. The molecule has 0 radical (unpaired) electrons. The summed E-state index contributed by atoms with van der Waals surface area (Å²) in [6.45, 7) is 0.824. The molecular weight excluding hydrogens is 244 g/mol. The molecule has 19 heavy (non-hydrogen) atoms. The third-order valence-corrected chi connectivity index (χ3v) is 4.08. The number of aliphatic hydroxyl groups is 1. The highest BCUT2D eigenvalue weighted by molar-refractivity contribution is 5.08. The molecular formula is C13H22N4O2. The third kappa shape index (κ3) is 3.13. The lowest BCUT2D eigenvalue weighted by Gasteiger charge is -2.33. The van der Waals surface area contributed by atoms with Crippen molar-refractivity contribution in [1.82, 2.24) is 15.0 Å².